The maximum atomic E-state index is 13.3. The second-order valence-corrected chi connectivity index (χ2v) is 7.37. The van der Waals surface area contributed by atoms with Crippen LogP contribution in [0.3, 0.4) is 0 Å². The van der Waals surface area contributed by atoms with Gasteiger partial charge in [0.05, 0.1) is 35.9 Å². The van der Waals surface area contributed by atoms with Crippen LogP contribution >= 0.6 is 0 Å². The number of hydrogen-bond acceptors (Lipinski definition) is 3. The summed E-state index contributed by atoms with van der Waals surface area (Å²) in [5, 5.41) is 4.87. The quantitative estimate of drug-likeness (QED) is 0.826. The monoisotopic (exact) mass is 355 g/mol. The summed E-state index contributed by atoms with van der Waals surface area (Å²) in [4.78, 5) is 15.2. The van der Waals surface area contributed by atoms with Crippen LogP contribution in [0, 0.1) is 12.8 Å². The van der Waals surface area contributed by atoms with E-state index in [0.717, 1.165) is 35.5 Å². The molecule has 1 aliphatic heterocycles. The first-order chi connectivity index (χ1) is 12.5. The molecule has 0 spiro atoms. The van der Waals surface area contributed by atoms with Crippen LogP contribution in [0.25, 0.3) is 5.69 Å². The van der Waals surface area contributed by atoms with E-state index in [-0.39, 0.29) is 5.91 Å². The number of morpholine rings is 1. The Bertz CT molecular complexity index is 756. The van der Waals surface area contributed by atoms with Gasteiger partial charge in [0, 0.05) is 13.1 Å². The van der Waals surface area contributed by atoms with Crippen molar-refractivity contribution in [3.63, 3.8) is 0 Å². The molecule has 0 radical (unpaired) electrons. The predicted octanol–water partition coefficient (Wildman–Crippen LogP) is 3.41. The SMILES string of the molecule is CCc1c(C(=O)N2CCOCC2)c(CC(C)C)nn1-c1ccc(C)cc1. The number of carbonyl (C=O) groups excluding carboxylic acids is 1. The topological polar surface area (TPSA) is 47.4 Å². The van der Waals surface area contributed by atoms with Crippen LogP contribution in [-0.4, -0.2) is 46.9 Å². The smallest absolute Gasteiger partial charge is 0.257 e. The minimum atomic E-state index is 0.0964. The third-order valence-electron chi connectivity index (χ3n) is 4.78. The number of hydrogen-bond donors (Lipinski definition) is 0. The molecule has 1 aromatic carbocycles. The van der Waals surface area contributed by atoms with Gasteiger partial charge in [0.2, 0.25) is 0 Å². The minimum absolute atomic E-state index is 0.0964. The fourth-order valence-electron chi connectivity index (χ4n) is 3.43. The first kappa shape index (κ1) is 18.6. The van der Waals surface area contributed by atoms with Crippen LogP contribution in [0.1, 0.15) is 48.1 Å². The van der Waals surface area contributed by atoms with Crippen molar-refractivity contribution < 1.29 is 9.53 Å². The molecule has 3 rings (SSSR count). The maximum absolute atomic E-state index is 13.3. The molecule has 0 atom stereocenters. The summed E-state index contributed by atoms with van der Waals surface area (Å²) >= 11 is 0. The molecule has 0 N–H and O–H groups in total. The maximum Gasteiger partial charge on any atom is 0.257 e. The van der Waals surface area contributed by atoms with Crippen LogP contribution in [0.2, 0.25) is 0 Å². The third kappa shape index (κ3) is 3.83. The number of ether oxygens (including phenoxy) is 1. The highest BCUT2D eigenvalue weighted by Crippen LogP contribution is 2.24. The lowest BCUT2D eigenvalue weighted by Gasteiger charge is -2.27. The van der Waals surface area contributed by atoms with Crippen LogP contribution in [0.5, 0.6) is 0 Å². The Morgan fingerprint density at radius 1 is 1.19 bits per heavy atom. The fourth-order valence-corrected chi connectivity index (χ4v) is 3.43. The Labute approximate surface area is 156 Å². The van der Waals surface area contributed by atoms with E-state index < -0.39 is 0 Å². The molecule has 0 aliphatic carbocycles. The average Bonchev–Trinajstić information content (AvgIpc) is 2.99. The molecular formula is C21H29N3O2. The molecule has 1 amide bonds. The summed E-state index contributed by atoms with van der Waals surface area (Å²) in [7, 11) is 0. The molecule has 26 heavy (non-hydrogen) atoms. The summed E-state index contributed by atoms with van der Waals surface area (Å²) in [6, 6.07) is 8.32. The van der Waals surface area contributed by atoms with E-state index in [1.807, 2.05) is 9.58 Å². The van der Waals surface area contributed by atoms with Gasteiger partial charge in [-0.2, -0.15) is 5.10 Å². The fraction of sp³-hybridized carbons (Fsp3) is 0.524. The summed E-state index contributed by atoms with van der Waals surface area (Å²) < 4.78 is 7.37. The Morgan fingerprint density at radius 2 is 1.85 bits per heavy atom. The zero-order valence-corrected chi connectivity index (χ0v) is 16.3. The molecule has 140 valence electrons. The molecule has 5 heteroatoms. The average molecular weight is 355 g/mol. The van der Waals surface area contributed by atoms with Gasteiger partial charge in [-0.15, -0.1) is 0 Å². The molecule has 0 saturated carbocycles. The summed E-state index contributed by atoms with van der Waals surface area (Å²) in [5.74, 6) is 0.538. The van der Waals surface area contributed by atoms with Crippen molar-refractivity contribution in [2.24, 2.45) is 5.92 Å². The van der Waals surface area contributed by atoms with Crippen molar-refractivity contribution in [3.8, 4) is 5.69 Å². The van der Waals surface area contributed by atoms with Crippen molar-refractivity contribution in [2.75, 3.05) is 26.3 Å². The van der Waals surface area contributed by atoms with Gasteiger partial charge in [-0.3, -0.25) is 4.79 Å². The number of nitrogens with zero attached hydrogens (tertiary/aromatic N) is 3. The lowest BCUT2D eigenvalue weighted by Crippen LogP contribution is -2.41. The van der Waals surface area contributed by atoms with Gasteiger partial charge in [-0.25, -0.2) is 4.68 Å². The Kier molecular flexibility index (Phi) is 5.77. The molecule has 2 aromatic rings. The number of rotatable bonds is 5. The Balaban J connectivity index is 2.07. The van der Waals surface area contributed by atoms with Crippen molar-refractivity contribution >= 4 is 5.91 Å². The highest BCUT2D eigenvalue weighted by Gasteiger charge is 2.28. The van der Waals surface area contributed by atoms with Crippen LogP contribution < -0.4 is 0 Å². The van der Waals surface area contributed by atoms with Crippen molar-refractivity contribution in [1.82, 2.24) is 14.7 Å². The lowest BCUT2D eigenvalue weighted by molar-refractivity contribution is 0.0301. The summed E-state index contributed by atoms with van der Waals surface area (Å²) in [5.41, 5.74) is 4.93. The van der Waals surface area contributed by atoms with E-state index in [1.165, 1.54) is 5.56 Å². The van der Waals surface area contributed by atoms with E-state index in [0.29, 0.717) is 32.2 Å². The van der Waals surface area contributed by atoms with Gasteiger partial charge in [0.15, 0.2) is 0 Å². The van der Waals surface area contributed by atoms with Gasteiger partial charge in [0.25, 0.3) is 5.91 Å². The molecular weight excluding hydrogens is 326 g/mol. The zero-order chi connectivity index (χ0) is 18.7. The third-order valence-corrected chi connectivity index (χ3v) is 4.78. The van der Waals surface area contributed by atoms with Gasteiger partial charge >= 0.3 is 0 Å². The Hall–Kier alpha value is -2.14. The number of aromatic nitrogens is 2. The second-order valence-electron chi connectivity index (χ2n) is 7.37. The largest absolute Gasteiger partial charge is 0.378 e. The van der Waals surface area contributed by atoms with Crippen LogP contribution in [0.15, 0.2) is 24.3 Å². The molecule has 2 heterocycles. The van der Waals surface area contributed by atoms with E-state index in [4.69, 9.17) is 9.84 Å². The zero-order valence-electron chi connectivity index (χ0n) is 16.3. The van der Waals surface area contributed by atoms with Gasteiger partial charge in [-0.1, -0.05) is 38.5 Å². The van der Waals surface area contributed by atoms with Crippen molar-refractivity contribution in [2.45, 2.75) is 40.5 Å². The number of benzene rings is 1. The van der Waals surface area contributed by atoms with E-state index in [2.05, 4.69) is 52.0 Å². The molecule has 1 saturated heterocycles. The standard InChI is InChI=1S/C21H29N3O2/c1-5-19-20(21(25)23-10-12-26-13-11-23)18(14-15(2)3)22-24(19)17-8-6-16(4)7-9-17/h6-9,15H,5,10-14H2,1-4H3. The van der Waals surface area contributed by atoms with Gasteiger partial charge in [-0.05, 0) is 37.8 Å². The normalized spacial score (nSPS) is 14.9. The van der Waals surface area contributed by atoms with Crippen LogP contribution in [-0.2, 0) is 17.6 Å². The molecule has 1 fully saturated rings. The second kappa shape index (κ2) is 8.04. The van der Waals surface area contributed by atoms with Gasteiger partial charge < -0.3 is 9.64 Å². The van der Waals surface area contributed by atoms with E-state index in [1.54, 1.807) is 0 Å². The molecule has 0 bridgehead atoms. The molecule has 1 aliphatic rings. The highest BCUT2D eigenvalue weighted by atomic mass is 16.5. The first-order valence-electron chi connectivity index (χ1n) is 9.56. The minimum Gasteiger partial charge on any atom is -0.378 e. The van der Waals surface area contributed by atoms with E-state index >= 15 is 0 Å². The summed E-state index contributed by atoms with van der Waals surface area (Å²) in [6.07, 6.45) is 1.57. The lowest BCUT2D eigenvalue weighted by atomic mass is 10.0. The number of amides is 1. The highest BCUT2D eigenvalue weighted by molar-refractivity contribution is 5.96. The first-order valence-corrected chi connectivity index (χ1v) is 9.56. The van der Waals surface area contributed by atoms with E-state index in [9.17, 15) is 4.79 Å². The Morgan fingerprint density at radius 3 is 2.42 bits per heavy atom. The number of carbonyl (C=O) groups is 1. The number of aryl methyl sites for hydroxylation is 1. The molecule has 5 nitrogen and oxygen atoms in total. The summed E-state index contributed by atoms with van der Waals surface area (Å²) in [6.45, 7) is 11.0. The van der Waals surface area contributed by atoms with Crippen LogP contribution in [0.4, 0.5) is 0 Å². The van der Waals surface area contributed by atoms with Crippen molar-refractivity contribution in [1.29, 1.82) is 0 Å². The van der Waals surface area contributed by atoms with Crippen molar-refractivity contribution in [3.05, 3.63) is 46.8 Å². The molecule has 1 aromatic heterocycles. The predicted molar refractivity (Wildman–Crippen MR) is 103 cm³/mol. The molecule has 0 unspecified atom stereocenters. The van der Waals surface area contributed by atoms with Gasteiger partial charge in [0.1, 0.15) is 0 Å².